The number of anilines is 1. The molecule has 0 unspecified atom stereocenters. The molecule has 0 radical (unpaired) electrons. The van der Waals surface area contributed by atoms with Crippen molar-refractivity contribution in [2.24, 2.45) is 5.92 Å². The molecular formula is C22H29N3O6. The molecule has 31 heavy (non-hydrogen) atoms. The molecule has 168 valence electrons. The minimum Gasteiger partial charge on any atom is -0.484 e. The van der Waals surface area contributed by atoms with Gasteiger partial charge in [-0.2, -0.15) is 0 Å². The Kier molecular flexibility index (Phi) is 7.03. The molecule has 4 rings (SSSR count). The minimum absolute atomic E-state index is 0.0328. The van der Waals surface area contributed by atoms with Crippen LogP contribution < -0.4 is 15.0 Å². The summed E-state index contributed by atoms with van der Waals surface area (Å²) < 4.78 is 16.4. The Morgan fingerprint density at radius 3 is 2.61 bits per heavy atom. The second-order valence-corrected chi connectivity index (χ2v) is 8.06. The van der Waals surface area contributed by atoms with Gasteiger partial charge >= 0.3 is 0 Å². The number of carbonyl (C=O) groups excluding carboxylic acids is 3. The number of benzene rings is 1. The van der Waals surface area contributed by atoms with Gasteiger partial charge in [-0.15, -0.1) is 0 Å². The van der Waals surface area contributed by atoms with E-state index in [9.17, 15) is 14.4 Å². The second kappa shape index (κ2) is 10.1. The number of ether oxygens (including phenoxy) is 3. The predicted molar refractivity (Wildman–Crippen MR) is 112 cm³/mol. The molecule has 0 saturated carbocycles. The molecule has 9 nitrogen and oxygen atoms in total. The fourth-order valence-electron chi connectivity index (χ4n) is 4.07. The Morgan fingerprint density at radius 1 is 1.13 bits per heavy atom. The quantitative estimate of drug-likeness (QED) is 0.678. The highest BCUT2D eigenvalue weighted by Crippen LogP contribution is 2.27. The van der Waals surface area contributed by atoms with Crippen molar-refractivity contribution in [3.63, 3.8) is 0 Å². The molecule has 2 atom stereocenters. The van der Waals surface area contributed by atoms with E-state index in [2.05, 4.69) is 5.32 Å². The summed E-state index contributed by atoms with van der Waals surface area (Å²) in [5.74, 6) is -0.0563. The van der Waals surface area contributed by atoms with E-state index >= 15 is 0 Å². The third-order valence-corrected chi connectivity index (χ3v) is 5.90. The fraction of sp³-hybridized carbons (Fsp3) is 0.591. The average molecular weight is 431 g/mol. The molecule has 3 heterocycles. The third kappa shape index (κ3) is 5.54. The van der Waals surface area contributed by atoms with Gasteiger partial charge in [0.2, 0.25) is 11.8 Å². The lowest BCUT2D eigenvalue weighted by Crippen LogP contribution is -2.42. The van der Waals surface area contributed by atoms with Crippen LogP contribution in [0.3, 0.4) is 0 Å². The SMILES string of the molecule is O=C(NC[C@@H]1CCCO1)[C@H]1CC(=O)N(c2ccc(OCC(=O)N3CCOCC3)cc2)C1. The summed E-state index contributed by atoms with van der Waals surface area (Å²) >= 11 is 0. The van der Waals surface area contributed by atoms with Gasteiger partial charge < -0.3 is 29.3 Å². The highest BCUT2D eigenvalue weighted by atomic mass is 16.5. The minimum atomic E-state index is -0.365. The van der Waals surface area contributed by atoms with Crippen molar-refractivity contribution in [3.05, 3.63) is 24.3 Å². The van der Waals surface area contributed by atoms with Crippen LogP contribution in [0.25, 0.3) is 0 Å². The van der Waals surface area contributed by atoms with E-state index in [1.54, 1.807) is 34.1 Å². The maximum Gasteiger partial charge on any atom is 0.260 e. The highest BCUT2D eigenvalue weighted by Gasteiger charge is 2.35. The van der Waals surface area contributed by atoms with Crippen LogP contribution in [0.1, 0.15) is 19.3 Å². The summed E-state index contributed by atoms with van der Waals surface area (Å²) in [5, 5.41) is 2.92. The molecule has 0 spiro atoms. The smallest absolute Gasteiger partial charge is 0.260 e. The number of nitrogens with zero attached hydrogens (tertiary/aromatic N) is 2. The Bertz CT molecular complexity index is 787. The summed E-state index contributed by atoms with van der Waals surface area (Å²) in [4.78, 5) is 40.4. The summed E-state index contributed by atoms with van der Waals surface area (Å²) in [5.41, 5.74) is 0.714. The molecule has 0 aliphatic carbocycles. The molecule has 3 aliphatic rings. The standard InChI is InChI=1S/C22H29N3O6/c26-20-12-16(22(28)23-13-19-2-1-9-30-19)14-25(20)17-3-5-18(6-4-17)31-15-21(27)24-7-10-29-11-8-24/h3-6,16,19H,1-2,7-15H2,(H,23,28)/t16-,19-/m0/s1. The zero-order chi connectivity index (χ0) is 21.6. The number of amides is 3. The maximum atomic E-state index is 12.5. The van der Waals surface area contributed by atoms with Gasteiger partial charge in [0, 0.05) is 44.9 Å². The third-order valence-electron chi connectivity index (χ3n) is 5.90. The first-order valence-corrected chi connectivity index (χ1v) is 10.9. The topological polar surface area (TPSA) is 97.4 Å². The monoisotopic (exact) mass is 431 g/mol. The van der Waals surface area contributed by atoms with Crippen molar-refractivity contribution in [1.82, 2.24) is 10.2 Å². The van der Waals surface area contributed by atoms with Gasteiger partial charge in [0.05, 0.1) is 25.2 Å². The van der Waals surface area contributed by atoms with E-state index in [1.807, 2.05) is 0 Å². The average Bonchev–Trinajstić information content (AvgIpc) is 3.46. The predicted octanol–water partition coefficient (Wildman–Crippen LogP) is 0.572. The maximum absolute atomic E-state index is 12.5. The van der Waals surface area contributed by atoms with Crippen molar-refractivity contribution in [2.75, 3.05) is 57.5 Å². The molecule has 1 aromatic carbocycles. The van der Waals surface area contributed by atoms with E-state index in [0.717, 1.165) is 19.4 Å². The summed E-state index contributed by atoms with van der Waals surface area (Å²) in [6, 6.07) is 7.03. The zero-order valence-electron chi connectivity index (χ0n) is 17.6. The van der Waals surface area contributed by atoms with E-state index in [-0.39, 0.29) is 42.8 Å². The molecule has 0 bridgehead atoms. The van der Waals surface area contributed by atoms with Gasteiger partial charge in [0.1, 0.15) is 5.75 Å². The lowest BCUT2D eigenvalue weighted by molar-refractivity contribution is -0.137. The Balaban J connectivity index is 1.25. The molecular weight excluding hydrogens is 402 g/mol. The van der Waals surface area contributed by atoms with Gasteiger partial charge in [-0.25, -0.2) is 0 Å². The number of hydrogen-bond acceptors (Lipinski definition) is 6. The molecule has 3 aliphatic heterocycles. The Morgan fingerprint density at radius 2 is 1.90 bits per heavy atom. The first kappa shape index (κ1) is 21.6. The Labute approximate surface area is 181 Å². The summed E-state index contributed by atoms with van der Waals surface area (Å²) in [7, 11) is 0. The van der Waals surface area contributed by atoms with E-state index in [4.69, 9.17) is 14.2 Å². The number of nitrogens with one attached hydrogen (secondary N) is 1. The molecule has 3 saturated heterocycles. The van der Waals surface area contributed by atoms with E-state index < -0.39 is 0 Å². The largest absolute Gasteiger partial charge is 0.484 e. The van der Waals surface area contributed by atoms with Crippen molar-refractivity contribution >= 4 is 23.4 Å². The normalized spacial score (nSPS) is 23.8. The second-order valence-electron chi connectivity index (χ2n) is 8.06. The van der Waals surface area contributed by atoms with Crippen LogP contribution in [0.4, 0.5) is 5.69 Å². The van der Waals surface area contributed by atoms with Crippen LogP contribution in [0.15, 0.2) is 24.3 Å². The molecule has 1 N–H and O–H groups in total. The molecule has 1 aromatic rings. The van der Waals surface area contributed by atoms with Crippen molar-refractivity contribution < 1.29 is 28.6 Å². The van der Waals surface area contributed by atoms with Crippen molar-refractivity contribution in [1.29, 1.82) is 0 Å². The van der Waals surface area contributed by atoms with E-state index in [1.165, 1.54) is 0 Å². The molecule has 3 amide bonds. The van der Waals surface area contributed by atoms with E-state index in [0.29, 0.717) is 50.8 Å². The van der Waals surface area contributed by atoms with Crippen LogP contribution >= 0.6 is 0 Å². The highest BCUT2D eigenvalue weighted by molar-refractivity contribution is 6.00. The zero-order valence-corrected chi connectivity index (χ0v) is 17.6. The Hall–Kier alpha value is -2.65. The first-order chi connectivity index (χ1) is 15.1. The number of carbonyl (C=O) groups is 3. The number of hydrogen-bond donors (Lipinski definition) is 1. The van der Waals surface area contributed by atoms with Gasteiger partial charge in [-0.3, -0.25) is 14.4 Å². The summed E-state index contributed by atoms with van der Waals surface area (Å²) in [6.07, 6.45) is 2.27. The van der Waals surface area contributed by atoms with Gasteiger partial charge in [-0.05, 0) is 37.1 Å². The van der Waals surface area contributed by atoms with Crippen LogP contribution in [0.2, 0.25) is 0 Å². The van der Waals surface area contributed by atoms with Crippen LogP contribution in [-0.2, 0) is 23.9 Å². The lowest BCUT2D eigenvalue weighted by atomic mass is 10.1. The number of rotatable bonds is 7. The summed E-state index contributed by atoms with van der Waals surface area (Å²) in [6.45, 7) is 3.84. The van der Waals surface area contributed by atoms with Crippen LogP contribution in [-0.4, -0.2) is 81.3 Å². The molecule has 9 heteroatoms. The van der Waals surface area contributed by atoms with Gasteiger partial charge in [0.25, 0.3) is 5.91 Å². The van der Waals surface area contributed by atoms with Crippen molar-refractivity contribution in [2.45, 2.75) is 25.4 Å². The number of morpholine rings is 1. The molecule has 3 fully saturated rings. The lowest BCUT2D eigenvalue weighted by Gasteiger charge is -2.26. The molecule has 0 aromatic heterocycles. The fourth-order valence-corrected chi connectivity index (χ4v) is 4.07. The van der Waals surface area contributed by atoms with Gasteiger partial charge in [0.15, 0.2) is 6.61 Å². The first-order valence-electron chi connectivity index (χ1n) is 10.9. The van der Waals surface area contributed by atoms with Crippen LogP contribution in [0.5, 0.6) is 5.75 Å². The van der Waals surface area contributed by atoms with Crippen molar-refractivity contribution in [3.8, 4) is 5.75 Å². The van der Waals surface area contributed by atoms with Gasteiger partial charge in [-0.1, -0.05) is 0 Å². The van der Waals surface area contributed by atoms with Crippen LogP contribution in [0, 0.1) is 5.92 Å².